The van der Waals surface area contributed by atoms with E-state index in [9.17, 15) is 9.59 Å². The van der Waals surface area contributed by atoms with E-state index in [0.717, 1.165) is 11.3 Å². The highest BCUT2D eigenvalue weighted by Gasteiger charge is 2.38. The second-order valence-corrected chi connectivity index (χ2v) is 6.21. The summed E-state index contributed by atoms with van der Waals surface area (Å²) in [6.45, 7) is 5.46. The maximum atomic E-state index is 12.4. The predicted octanol–water partition coefficient (Wildman–Crippen LogP) is -0.00128. The minimum atomic E-state index is -0.823. The van der Waals surface area contributed by atoms with E-state index >= 15 is 0 Å². The molecule has 1 aromatic rings. The number of carbonyl (C=O) groups is 2. The number of aryl methyl sites for hydroxylation is 1. The number of carbonyl (C=O) groups excluding carboxylic acids is 2. The van der Waals surface area contributed by atoms with E-state index in [0.29, 0.717) is 26.2 Å². The van der Waals surface area contributed by atoms with Crippen molar-refractivity contribution in [3.63, 3.8) is 0 Å². The lowest BCUT2D eigenvalue weighted by atomic mass is 9.99. The van der Waals surface area contributed by atoms with Gasteiger partial charge >= 0.3 is 0 Å². The minimum absolute atomic E-state index is 0.0479. The SMILES string of the molecule is CO[C@@]1(CC(=O)NCc2cnn(C)c2C)COCCN(C(C)=O)C1. The Morgan fingerprint density at radius 2 is 2.25 bits per heavy atom. The van der Waals surface area contributed by atoms with E-state index in [1.54, 1.807) is 22.9 Å². The molecule has 1 fully saturated rings. The van der Waals surface area contributed by atoms with Crippen LogP contribution < -0.4 is 5.32 Å². The molecule has 0 bridgehead atoms. The van der Waals surface area contributed by atoms with Crippen molar-refractivity contribution >= 4 is 11.8 Å². The van der Waals surface area contributed by atoms with Crippen LogP contribution in [0.3, 0.4) is 0 Å². The molecule has 1 aliphatic rings. The average molecular weight is 338 g/mol. The van der Waals surface area contributed by atoms with Gasteiger partial charge in [0.1, 0.15) is 5.60 Å². The van der Waals surface area contributed by atoms with Gasteiger partial charge in [-0.1, -0.05) is 0 Å². The third kappa shape index (κ3) is 4.33. The Kier molecular flexibility index (Phi) is 5.95. The van der Waals surface area contributed by atoms with Crippen LogP contribution in [0.5, 0.6) is 0 Å². The number of ether oxygens (including phenoxy) is 2. The van der Waals surface area contributed by atoms with Gasteiger partial charge in [-0.3, -0.25) is 14.3 Å². The van der Waals surface area contributed by atoms with Gasteiger partial charge in [0.25, 0.3) is 0 Å². The van der Waals surface area contributed by atoms with Crippen molar-refractivity contribution in [3.05, 3.63) is 17.5 Å². The molecule has 2 heterocycles. The largest absolute Gasteiger partial charge is 0.377 e. The molecule has 2 amide bonds. The third-order valence-electron chi connectivity index (χ3n) is 4.52. The molecule has 24 heavy (non-hydrogen) atoms. The van der Waals surface area contributed by atoms with Crippen molar-refractivity contribution in [2.45, 2.75) is 32.4 Å². The van der Waals surface area contributed by atoms with Gasteiger partial charge in [-0.25, -0.2) is 0 Å². The summed E-state index contributed by atoms with van der Waals surface area (Å²) in [5, 5.41) is 7.05. The molecule has 0 saturated carbocycles. The van der Waals surface area contributed by atoms with Gasteiger partial charge in [-0.2, -0.15) is 5.10 Å². The van der Waals surface area contributed by atoms with Gasteiger partial charge in [-0.15, -0.1) is 0 Å². The monoisotopic (exact) mass is 338 g/mol. The number of aromatic nitrogens is 2. The van der Waals surface area contributed by atoms with Crippen molar-refractivity contribution in [2.24, 2.45) is 7.05 Å². The molecular weight excluding hydrogens is 312 g/mol. The van der Waals surface area contributed by atoms with Gasteiger partial charge in [0.2, 0.25) is 11.8 Å². The predicted molar refractivity (Wildman–Crippen MR) is 87.2 cm³/mol. The number of hydrogen-bond acceptors (Lipinski definition) is 5. The van der Waals surface area contributed by atoms with E-state index in [4.69, 9.17) is 9.47 Å². The van der Waals surface area contributed by atoms with Gasteiger partial charge in [0.15, 0.2) is 0 Å². The highest BCUT2D eigenvalue weighted by Crippen LogP contribution is 2.21. The van der Waals surface area contributed by atoms with Crippen molar-refractivity contribution in [3.8, 4) is 0 Å². The summed E-state index contributed by atoms with van der Waals surface area (Å²) in [6.07, 6.45) is 1.88. The zero-order valence-electron chi connectivity index (χ0n) is 14.8. The fourth-order valence-corrected chi connectivity index (χ4v) is 2.74. The van der Waals surface area contributed by atoms with Gasteiger partial charge < -0.3 is 19.7 Å². The first kappa shape index (κ1) is 18.4. The fraction of sp³-hybridized carbons (Fsp3) is 0.688. The summed E-state index contributed by atoms with van der Waals surface area (Å²) in [7, 11) is 3.41. The van der Waals surface area contributed by atoms with Gasteiger partial charge in [0.05, 0.1) is 32.4 Å². The zero-order valence-corrected chi connectivity index (χ0v) is 14.8. The minimum Gasteiger partial charge on any atom is -0.377 e. The summed E-state index contributed by atoms with van der Waals surface area (Å²) in [4.78, 5) is 25.7. The van der Waals surface area contributed by atoms with Crippen LogP contribution in [0.15, 0.2) is 6.20 Å². The van der Waals surface area contributed by atoms with E-state index in [2.05, 4.69) is 10.4 Å². The molecule has 8 heteroatoms. The number of nitrogens with zero attached hydrogens (tertiary/aromatic N) is 3. The van der Waals surface area contributed by atoms with E-state index in [1.807, 2.05) is 14.0 Å². The third-order valence-corrected chi connectivity index (χ3v) is 4.52. The van der Waals surface area contributed by atoms with Crippen LogP contribution in [0.1, 0.15) is 24.6 Å². The summed E-state index contributed by atoms with van der Waals surface area (Å²) in [5.41, 5.74) is 1.16. The first-order valence-electron chi connectivity index (χ1n) is 7.99. The molecule has 1 atom stereocenters. The molecule has 8 nitrogen and oxygen atoms in total. The second kappa shape index (κ2) is 7.76. The van der Waals surface area contributed by atoms with Gasteiger partial charge in [0, 0.05) is 45.4 Å². The van der Waals surface area contributed by atoms with E-state index < -0.39 is 5.60 Å². The molecule has 0 aromatic carbocycles. The highest BCUT2D eigenvalue weighted by molar-refractivity contribution is 5.77. The van der Waals surface area contributed by atoms with Crippen molar-refractivity contribution in [2.75, 3.05) is 33.4 Å². The molecule has 1 N–H and O–H groups in total. The van der Waals surface area contributed by atoms with Crippen molar-refractivity contribution in [1.29, 1.82) is 0 Å². The molecular formula is C16H26N4O4. The molecule has 0 unspecified atom stereocenters. The smallest absolute Gasteiger partial charge is 0.223 e. The summed E-state index contributed by atoms with van der Waals surface area (Å²) in [6, 6.07) is 0. The Labute approximate surface area is 142 Å². The van der Waals surface area contributed by atoms with Crippen LogP contribution in [0.4, 0.5) is 0 Å². The quantitative estimate of drug-likeness (QED) is 0.817. The molecule has 0 aliphatic carbocycles. The normalized spacial score (nSPS) is 21.4. The first-order valence-corrected chi connectivity index (χ1v) is 7.99. The van der Waals surface area contributed by atoms with Crippen LogP contribution in [0.25, 0.3) is 0 Å². The number of hydrogen-bond donors (Lipinski definition) is 1. The molecule has 0 spiro atoms. The maximum absolute atomic E-state index is 12.4. The lowest BCUT2D eigenvalue weighted by Gasteiger charge is -2.33. The number of methoxy groups -OCH3 is 1. The highest BCUT2D eigenvalue weighted by atomic mass is 16.5. The maximum Gasteiger partial charge on any atom is 0.223 e. The first-order chi connectivity index (χ1) is 11.4. The standard InChI is InChI=1S/C16H26N4O4/c1-12-14(9-18-19(12)3)8-17-15(22)7-16(23-4)10-20(13(2)21)5-6-24-11-16/h9H,5-8,10-11H2,1-4H3,(H,17,22)/t16-/m1/s1. The Balaban J connectivity index is 1.98. The van der Waals surface area contributed by atoms with Crippen molar-refractivity contribution in [1.82, 2.24) is 20.0 Å². The topological polar surface area (TPSA) is 85.7 Å². The van der Waals surface area contributed by atoms with E-state index in [-0.39, 0.29) is 24.8 Å². The van der Waals surface area contributed by atoms with Crippen LogP contribution >= 0.6 is 0 Å². The molecule has 1 aliphatic heterocycles. The molecule has 1 aromatic heterocycles. The van der Waals surface area contributed by atoms with Crippen molar-refractivity contribution < 1.29 is 19.1 Å². The van der Waals surface area contributed by atoms with Crippen LogP contribution in [-0.2, 0) is 32.7 Å². The summed E-state index contributed by atoms with van der Waals surface area (Å²) in [5.74, 6) is -0.192. The van der Waals surface area contributed by atoms with Crippen LogP contribution in [0.2, 0.25) is 0 Å². The fourth-order valence-electron chi connectivity index (χ4n) is 2.74. The zero-order chi connectivity index (χ0) is 17.7. The lowest BCUT2D eigenvalue weighted by Crippen LogP contribution is -2.50. The molecule has 0 radical (unpaired) electrons. The summed E-state index contributed by atoms with van der Waals surface area (Å²) < 4.78 is 12.9. The lowest BCUT2D eigenvalue weighted by molar-refractivity contribution is -0.139. The Bertz CT molecular complexity index is 601. The average Bonchev–Trinajstić information content (AvgIpc) is 2.76. The van der Waals surface area contributed by atoms with Gasteiger partial charge in [-0.05, 0) is 6.92 Å². The Morgan fingerprint density at radius 1 is 1.50 bits per heavy atom. The number of amides is 2. The molecule has 134 valence electrons. The Hall–Kier alpha value is -1.93. The van der Waals surface area contributed by atoms with Crippen LogP contribution in [0, 0.1) is 6.92 Å². The molecule has 1 saturated heterocycles. The number of rotatable bonds is 5. The summed E-state index contributed by atoms with van der Waals surface area (Å²) >= 11 is 0. The van der Waals surface area contributed by atoms with Crippen LogP contribution in [-0.4, -0.2) is 65.5 Å². The van der Waals surface area contributed by atoms with E-state index in [1.165, 1.54) is 6.92 Å². The Morgan fingerprint density at radius 3 is 2.83 bits per heavy atom. The number of nitrogens with one attached hydrogen (secondary N) is 1. The molecule has 2 rings (SSSR count). The second-order valence-electron chi connectivity index (χ2n) is 6.21.